The first-order chi connectivity index (χ1) is 17.2. The summed E-state index contributed by atoms with van der Waals surface area (Å²) in [6.45, 7) is 5.28. The maximum absolute atomic E-state index is 10.6. The number of benzene rings is 1. The molecule has 1 saturated heterocycles. The average molecular weight is 473 g/mol. The van der Waals surface area contributed by atoms with E-state index in [9.17, 15) is 9.90 Å². The molecular formula is C26H28N6O3. The summed E-state index contributed by atoms with van der Waals surface area (Å²) in [6, 6.07) is 15.7. The molecule has 180 valence electrons. The fraction of sp³-hybridized carbons (Fsp3) is 0.308. The molecule has 9 nitrogen and oxygen atoms in total. The lowest BCUT2D eigenvalue weighted by Crippen LogP contribution is -2.46. The first-order valence-corrected chi connectivity index (χ1v) is 11.8. The van der Waals surface area contributed by atoms with Crippen LogP contribution in [0.25, 0.3) is 22.2 Å². The molecule has 0 amide bonds. The number of carbonyl (C=O) groups excluding carboxylic acids is 1. The number of hydrogen-bond donors (Lipinski definition) is 2. The number of aliphatic hydroxyl groups excluding tert-OH is 1. The van der Waals surface area contributed by atoms with Crippen LogP contribution in [0.5, 0.6) is 11.6 Å². The van der Waals surface area contributed by atoms with Crippen LogP contribution >= 0.6 is 0 Å². The van der Waals surface area contributed by atoms with Gasteiger partial charge in [0.2, 0.25) is 5.88 Å². The molecule has 2 N–H and O–H groups in total. The highest BCUT2D eigenvalue weighted by Gasteiger charge is 2.18. The molecular weight excluding hydrogens is 444 g/mol. The van der Waals surface area contributed by atoms with Crippen molar-refractivity contribution in [1.82, 2.24) is 30.0 Å². The highest BCUT2D eigenvalue weighted by atomic mass is 16.5. The van der Waals surface area contributed by atoms with Crippen molar-refractivity contribution in [1.29, 1.82) is 0 Å². The molecule has 4 heterocycles. The number of H-pyrrole nitrogens is 1. The van der Waals surface area contributed by atoms with Crippen molar-refractivity contribution in [3.63, 3.8) is 0 Å². The number of fused-ring (bicyclic) bond motifs is 1. The largest absolute Gasteiger partial charge is 0.439 e. The molecule has 5 rings (SSSR count). The molecule has 1 aliphatic rings. The Bertz CT molecular complexity index is 1250. The molecule has 0 saturated carbocycles. The van der Waals surface area contributed by atoms with Crippen LogP contribution in [0.3, 0.4) is 0 Å². The van der Waals surface area contributed by atoms with Gasteiger partial charge in [-0.15, -0.1) is 0 Å². The van der Waals surface area contributed by atoms with Crippen LogP contribution in [-0.2, 0) is 11.3 Å². The van der Waals surface area contributed by atoms with E-state index in [0.717, 1.165) is 67.1 Å². The number of aliphatic hydroxyl groups is 1. The molecule has 0 bridgehead atoms. The van der Waals surface area contributed by atoms with Gasteiger partial charge in [0.05, 0.1) is 16.9 Å². The van der Waals surface area contributed by atoms with Gasteiger partial charge in [0.25, 0.3) is 0 Å². The number of aldehydes is 1. The van der Waals surface area contributed by atoms with Crippen LogP contribution in [0.1, 0.15) is 12.1 Å². The van der Waals surface area contributed by atoms with Gasteiger partial charge in [-0.2, -0.15) is 5.10 Å². The summed E-state index contributed by atoms with van der Waals surface area (Å²) >= 11 is 0. The number of aromatic amines is 1. The molecule has 1 aliphatic heterocycles. The van der Waals surface area contributed by atoms with Gasteiger partial charge in [-0.3, -0.25) is 15.0 Å². The molecule has 1 fully saturated rings. The third-order valence-corrected chi connectivity index (χ3v) is 6.24. The van der Waals surface area contributed by atoms with Crippen molar-refractivity contribution < 1.29 is 14.6 Å². The second kappa shape index (κ2) is 10.7. The molecule has 0 spiro atoms. The molecule has 35 heavy (non-hydrogen) atoms. The maximum atomic E-state index is 10.6. The van der Waals surface area contributed by atoms with E-state index >= 15 is 0 Å². The number of carbonyl (C=O) groups is 1. The quantitative estimate of drug-likeness (QED) is 0.358. The summed E-state index contributed by atoms with van der Waals surface area (Å²) in [4.78, 5) is 24.5. The van der Waals surface area contributed by atoms with Crippen LogP contribution in [0.15, 0.2) is 60.9 Å². The third kappa shape index (κ3) is 5.89. The summed E-state index contributed by atoms with van der Waals surface area (Å²) in [7, 11) is 0. The van der Waals surface area contributed by atoms with Crippen molar-refractivity contribution in [3.8, 4) is 22.9 Å². The Hall–Kier alpha value is -3.66. The first kappa shape index (κ1) is 23.1. The van der Waals surface area contributed by atoms with Crippen LogP contribution in [0.2, 0.25) is 0 Å². The molecule has 0 unspecified atom stereocenters. The van der Waals surface area contributed by atoms with Crippen molar-refractivity contribution in [2.45, 2.75) is 19.1 Å². The van der Waals surface area contributed by atoms with E-state index < -0.39 is 6.10 Å². The Morgan fingerprint density at radius 3 is 2.66 bits per heavy atom. The van der Waals surface area contributed by atoms with E-state index in [-0.39, 0.29) is 0 Å². The van der Waals surface area contributed by atoms with E-state index in [1.807, 2.05) is 36.4 Å². The maximum Gasteiger partial charge on any atom is 0.219 e. The molecule has 1 aromatic carbocycles. The van der Waals surface area contributed by atoms with E-state index in [1.165, 1.54) is 0 Å². The molecule has 0 aliphatic carbocycles. The molecule has 1 atom stereocenters. The van der Waals surface area contributed by atoms with Crippen LogP contribution in [0, 0.1) is 0 Å². The minimum Gasteiger partial charge on any atom is -0.439 e. The van der Waals surface area contributed by atoms with Gasteiger partial charge in [-0.25, -0.2) is 4.98 Å². The Balaban J connectivity index is 1.17. The highest BCUT2D eigenvalue weighted by Crippen LogP contribution is 2.26. The fourth-order valence-electron chi connectivity index (χ4n) is 4.22. The molecule has 0 radical (unpaired) electrons. The minimum absolute atomic E-state index is 0.494. The predicted molar refractivity (Wildman–Crippen MR) is 132 cm³/mol. The van der Waals surface area contributed by atoms with Crippen molar-refractivity contribution in [3.05, 3.63) is 66.6 Å². The molecule has 4 aromatic rings. The standard InChI is InChI=1S/C26H28N6O3/c33-18-22(34)8-10-31-11-13-32(14-12-31)17-21-3-1-19-15-23(4-5-24(19)29-21)35-26-6-2-20(16-27-26)25-7-9-28-30-25/h1-7,9,15-16,18,22,34H,8,10-14,17H2,(H,28,30)/t22-/m0/s1. The molecule has 9 heteroatoms. The summed E-state index contributed by atoms with van der Waals surface area (Å²) in [5, 5.41) is 17.3. The normalized spacial score (nSPS) is 15.8. The summed E-state index contributed by atoms with van der Waals surface area (Å²) in [6.07, 6.45) is 3.71. The van der Waals surface area contributed by atoms with E-state index in [4.69, 9.17) is 9.72 Å². The van der Waals surface area contributed by atoms with Crippen LogP contribution in [-0.4, -0.2) is 80.2 Å². The Kier molecular flexibility index (Phi) is 7.08. The second-order valence-corrected chi connectivity index (χ2v) is 8.72. The van der Waals surface area contributed by atoms with Crippen molar-refractivity contribution in [2.75, 3.05) is 32.7 Å². The zero-order valence-corrected chi connectivity index (χ0v) is 19.4. The van der Waals surface area contributed by atoms with Gasteiger partial charge in [0.15, 0.2) is 0 Å². The lowest BCUT2D eigenvalue weighted by atomic mass is 10.2. The van der Waals surface area contributed by atoms with Crippen molar-refractivity contribution in [2.24, 2.45) is 0 Å². The lowest BCUT2D eigenvalue weighted by molar-refractivity contribution is -0.115. The van der Waals surface area contributed by atoms with Gasteiger partial charge in [-0.1, -0.05) is 6.07 Å². The zero-order chi connectivity index (χ0) is 24.0. The summed E-state index contributed by atoms with van der Waals surface area (Å²) in [5.74, 6) is 1.24. The number of ether oxygens (including phenoxy) is 1. The number of rotatable bonds is 9. The monoisotopic (exact) mass is 472 g/mol. The number of piperazine rings is 1. The van der Waals surface area contributed by atoms with E-state index in [2.05, 4.69) is 37.1 Å². The van der Waals surface area contributed by atoms with Gasteiger partial charge >= 0.3 is 0 Å². The van der Waals surface area contributed by atoms with Crippen molar-refractivity contribution >= 4 is 17.2 Å². The SMILES string of the molecule is O=C[C@@H](O)CCN1CCN(Cc2ccc3cc(Oc4ccc(-c5ccn[nH]5)cn4)ccc3n2)CC1. The topological polar surface area (TPSA) is 107 Å². The molecule has 3 aromatic heterocycles. The Labute approximate surface area is 203 Å². The lowest BCUT2D eigenvalue weighted by Gasteiger charge is -2.34. The third-order valence-electron chi connectivity index (χ3n) is 6.24. The number of pyridine rings is 2. The minimum atomic E-state index is -0.856. The van der Waals surface area contributed by atoms with E-state index in [1.54, 1.807) is 12.4 Å². The van der Waals surface area contributed by atoms with Gasteiger partial charge in [0, 0.05) is 68.7 Å². The fourth-order valence-corrected chi connectivity index (χ4v) is 4.22. The Morgan fingerprint density at radius 1 is 1.06 bits per heavy atom. The number of hydrogen-bond acceptors (Lipinski definition) is 8. The first-order valence-electron chi connectivity index (χ1n) is 11.8. The number of nitrogens with one attached hydrogen (secondary N) is 1. The average Bonchev–Trinajstić information content (AvgIpc) is 3.44. The van der Waals surface area contributed by atoms with Gasteiger partial charge < -0.3 is 19.5 Å². The highest BCUT2D eigenvalue weighted by molar-refractivity contribution is 5.80. The second-order valence-electron chi connectivity index (χ2n) is 8.72. The number of aromatic nitrogens is 4. The Morgan fingerprint density at radius 2 is 1.91 bits per heavy atom. The summed E-state index contributed by atoms with van der Waals surface area (Å²) in [5.41, 5.74) is 3.82. The van der Waals surface area contributed by atoms with Gasteiger partial charge in [-0.05, 0) is 42.8 Å². The van der Waals surface area contributed by atoms with E-state index in [0.29, 0.717) is 24.3 Å². The zero-order valence-electron chi connectivity index (χ0n) is 19.4. The number of nitrogens with zero attached hydrogens (tertiary/aromatic N) is 5. The van der Waals surface area contributed by atoms with Crippen LogP contribution < -0.4 is 4.74 Å². The van der Waals surface area contributed by atoms with Crippen LogP contribution in [0.4, 0.5) is 0 Å². The summed E-state index contributed by atoms with van der Waals surface area (Å²) < 4.78 is 5.95. The van der Waals surface area contributed by atoms with Gasteiger partial charge in [0.1, 0.15) is 18.1 Å². The predicted octanol–water partition coefficient (Wildman–Crippen LogP) is 2.88. The smallest absolute Gasteiger partial charge is 0.219 e.